The quantitative estimate of drug-likeness (QED) is 0.634. The van der Waals surface area contributed by atoms with Crippen LogP contribution in [0.1, 0.15) is 0 Å². The summed E-state index contributed by atoms with van der Waals surface area (Å²) in [7, 11) is -2.75. The van der Waals surface area contributed by atoms with Gasteiger partial charge in [-0.1, -0.05) is 11.6 Å². The fraction of sp³-hybridized carbons (Fsp3) is 0. The molecule has 5 heteroatoms. The molecule has 0 spiro atoms. The Balaban J connectivity index is 3.08. The number of hydrogen-bond acceptors (Lipinski definition) is 2. The molecule has 0 aliphatic heterocycles. The predicted molar refractivity (Wildman–Crippen MR) is 34.6 cm³/mol. The van der Waals surface area contributed by atoms with Crippen molar-refractivity contribution in [2.45, 2.75) is 0 Å². The van der Waals surface area contributed by atoms with Crippen LogP contribution < -0.4 is 5.50 Å². The highest BCUT2D eigenvalue weighted by molar-refractivity contribution is 7.47. The van der Waals surface area contributed by atoms with E-state index < -0.39 is 8.03 Å². The van der Waals surface area contributed by atoms with Crippen LogP contribution in [0, 0.1) is 0 Å². The monoisotopic (exact) mass is 166 g/mol. The minimum Gasteiger partial charge on any atom is -0.458 e. The molecule has 1 aromatic rings. The van der Waals surface area contributed by atoms with Gasteiger partial charge in [-0.15, -0.1) is 0 Å². The average molecular weight is 166 g/mol. The highest BCUT2D eigenvalue weighted by Crippen LogP contribution is 2.19. The summed E-state index contributed by atoms with van der Waals surface area (Å²) < 4.78 is 14.9. The summed E-state index contributed by atoms with van der Waals surface area (Å²) >= 11 is 5.41. The van der Waals surface area contributed by atoms with Crippen LogP contribution in [0.5, 0.6) is 0 Å². The molecule has 0 aliphatic rings. The topological polar surface area (TPSA) is 50.4 Å². The molecule has 0 saturated carbocycles. The zero-order valence-corrected chi connectivity index (χ0v) is 6.05. The molecule has 0 fully saturated rings. The fourth-order valence-corrected chi connectivity index (χ4v) is 1.24. The molecule has 3 nitrogen and oxygen atoms in total. The van der Waals surface area contributed by atoms with E-state index in [0.717, 1.165) is 0 Å². The van der Waals surface area contributed by atoms with Gasteiger partial charge in [-0.25, -0.2) is 0 Å². The van der Waals surface area contributed by atoms with Crippen molar-refractivity contribution in [3.63, 3.8) is 0 Å². The lowest BCUT2D eigenvalue weighted by Crippen LogP contribution is -1.89. The smallest absolute Gasteiger partial charge is 0.253 e. The predicted octanol–water partition coefficient (Wildman–Crippen LogP) is 1.03. The Morgan fingerprint density at radius 3 is 2.67 bits per heavy atom. The summed E-state index contributed by atoms with van der Waals surface area (Å²) in [5.74, 6) is 0. The van der Waals surface area contributed by atoms with E-state index in [-0.39, 0.29) is 10.5 Å². The van der Waals surface area contributed by atoms with Gasteiger partial charge in [0.2, 0.25) is 5.50 Å². The number of furan rings is 1. The SMILES string of the molecule is O=[PH](O)c1occc1Cl. The maximum atomic E-state index is 10.3. The molecule has 1 aromatic heterocycles. The van der Waals surface area contributed by atoms with E-state index in [4.69, 9.17) is 16.5 Å². The van der Waals surface area contributed by atoms with E-state index in [1.165, 1.54) is 12.3 Å². The molecule has 1 atom stereocenters. The minimum atomic E-state index is -2.75. The Bertz CT molecular complexity index is 231. The molecule has 0 aromatic carbocycles. The van der Waals surface area contributed by atoms with Crippen LogP contribution in [0.2, 0.25) is 5.02 Å². The zero-order chi connectivity index (χ0) is 6.85. The second kappa shape index (κ2) is 2.56. The third kappa shape index (κ3) is 1.36. The summed E-state index contributed by atoms with van der Waals surface area (Å²) in [6.07, 6.45) is 1.27. The van der Waals surface area contributed by atoms with Gasteiger partial charge in [0.15, 0.2) is 0 Å². The standard InChI is InChI=1S/C4H4ClO3P/c5-3-1-2-8-4(3)9(6)7/h1-2,9H,(H,6,7). The Morgan fingerprint density at radius 2 is 2.44 bits per heavy atom. The largest absolute Gasteiger partial charge is 0.458 e. The number of rotatable bonds is 1. The van der Waals surface area contributed by atoms with Gasteiger partial charge in [0, 0.05) is 0 Å². The summed E-state index contributed by atoms with van der Waals surface area (Å²) in [4.78, 5) is 8.46. The molecule has 0 aliphatic carbocycles. The van der Waals surface area contributed by atoms with Crippen molar-refractivity contribution in [1.29, 1.82) is 0 Å². The normalized spacial score (nSPS) is 13.6. The third-order valence-electron chi connectivity index (χ3n) is 0.811. The second-order valence-electron chi connectivity index (χ2n) is 1.40. The first kappa shape index (κ1) is 6.87. The fourth-order valence-electron chi connectivity index (χ4n) is 0.446. The first-order chi connectivity index (χ1) is 4.22. The van der Waals surface area contributed by atoms with Crippen molar-refractivity contribution in [1.82, 2.24) is 0 Å². The first-order valence-electron chi connectivity index (χ1n) is 2.18. The van der Waals surface area contributed by atoms with Crippen LogP contribution in [0.3, 0.4) is 0 Å². The van der Waals surface area contributed by atoms with Crippen LogP contribution in [0.15, 0.2) is 16.7 Å². The van der Waals surface area contributed by atoms with E-state index in [0.29, 0.717) is 0 Å². The highest BCUT2D eigenvalue weighted by Gasteiger charge is 2.07. The molecular weight excluding hydrogens is 162 g/mol. The van der Waals surface area contributed by atoms with Gasteiger partial charge in [-0.05, 0) is 6.07 Å². The molecular formula is C4H4ClO3P. The molecule has 1 rings (SSSR count). The van der Waals surface area contributed by atoms with Gasteiger partial charge < -0.3 is 9.31 Å². The molecule has 1 unspecified atom stereocenters. The van der Waals surface area contributed by atoms with Gasteiger partial charge in [0.1, 0.15) is 0 Å². The first-order valence-corrected chi connectivity index (χ1v) is 3.91. The van der Waals surface area contributed by atoms with Gasteiger partial charge in [0.25, 0.3) is 8.03 Å². The van der Waals surface area contributed by atoms with Gasteiger partial charge in [-0.3, -0.25) is 4.57 Å². The Labute approximate surface area is 57.1 Å². The van der Waals surface area contributed by atoms with E-state index in [2.05, 4.69) is 4.42 Å². The molecule has 9 heavy (non-hydrogen) atoms. The van der Waals surface area contributed by atoms with E-state index in [1.807, 2.05) is 0 Å². The lowest BCUT2D eigenvalue weighted by atomic mass is 10.7. The maximum absolute atomic E-state index is 10.3. The van der Waals surface area contributed by atoms with Crippen molar-refractivity contribution in [3.8, 4) is 0 Å². The summed E-state index contributed by atoms with van der Waals surface area (Å²) in [5.41, 5.74) is -0.0262. The van der Waals surface area contributed by atoms with Crippen LogP contribution in [0.4, 0.5) is 0 Å². The Morgan fingerprint density at radius 1 is 1.78 bits per heavy atom. The average Bonchev–Trinajstić information content (AvgIpc) is 2.13. The van der Waals surface area contributed by atoms with Crippen LogP contribution in [-0.4, -0.2) is 4.89 Å². The van der Waals surface area contributed by atoms with Crippen LogP contribution in [-0.2, 0) is 4.57 Å². The highest BCUT2D eigenvalue weighted by atomic mass is 35.5. The Kier molecular flexibility index (Phi) is 1.96. The molecule has 0 radical (unpaired) electrons. The molecule has 0 saturated heterocycles. The zero-order valence-electron chi connectivity index (χ0n) is 4.30. The molecule has 50 valence electrons. The molecule has 1 heterocycles. The van der Waals surface area contributed by atoms with E-state index in [1.54, 1.807) is 0 Å². The second-order valence-corrected chi connectivity index (χ2v) is 2.87. The van der Waals surface area contributed by atoms with Crippen molar-refractivity contribution in [2.75, 3.05) is 0 Å². The van der Waals surface area contributed by atoms with Gasteiger partial charge in [-0.2, -0.15) is 0 Å². The van der Waals surface area contributed by atoms with Crippen molar-refractivity contribution in [3.05, 3.63) is 17.4 Å². The van der Waals surface area contributed by atoms with Crippen LogP contribution >= 0.6 is 19.6 Å². The number of hydrogen-bond donors (Lipinski definition) is 1. The summed E-state index contributed by atoms with van der Waals surface area (Å²) in [6.45, 7) is 0. The summed E-state index contributed by atoms with van der Waals surface area (Å²) in [5, 5.41) is 0.210. The van der Waals surface area contributed by atoms with E-state index in [9.17, 15) is 4.57 Å². The van der Waals surface area contributed by atoms with Crippen LogP contribution in [0.25, 0.3) is 0 Å². The summed E-state index contributed by atoms with van der Waals surface area (Å²) in [6, 6.07) is 1.43. The van der Waals surface area contributed by atoms with Gasteiger partial charge >= 0.3 is 0 Å². The molecule has 1 N–H and O–H groups in total. The third-order valence-corrected chi connectivity index (χ3v) is 2.04. The molecule has 0 bridgehead atoms. The minimum absolute atomic E-state index is 0.0262. The Hall–Kier alpha value is -0.240. The lowest BCUT2D eigenvalue weighted by molar-refractivity contribution is 0.497. The van der Waals surface area contributed by atoms with Gasteiger partial charge in [0.05, 0.1) is 11.3 Å². The van der Waals surface area contributed by atoms with E-state index >= 15 is 0 Å². The number of halogens is 1. The van der Waals surface area contributed by atoms with Crippen molar-refractivity contribution >= 4 is 25.1 Å². The lowest BCUT2D eigenvalue weighted by Gasteiger charge is -1.85. The maximum Gasteiger partial charge on any atom is 0.253 e. The van der Waals surface area contributed by atoms with Crippen molar-refractivity contribution in [2.24, 2.45) is 0 Å². The molecule has 0 amide bonds. The van der Waals surface area contributed by atoms with Crippen molar-refractivity contribution < 1.29 is 13.9 Å².